The normalized spacial score (nSPS) is 46.4. The number of carbonyl (C=O) groups excluding carboxylic acids is 2. The Morgan fingerprint density at radius 3 is 2.73 bits per heavy atom. The van der Waals surface area contributed by atoms with E-state index in [4.69, 9.17) is 21.1 Å². The standard InChI is InChI=1S/C25H31ClO4/c1-14-10-16-17(23(4)8-6-15(27)11-18(14)23)7-9-24(5)19(16)12-21-25(24,20(28)13-26)30-22(2,3)29-21/h7,11,16,19,21H,1,6,8-10,12-13H2,2-5H3/t16-,19+,21?,23-,24+,25-/m1/s1. The lowest BCUT2D eigenvalue weighted by molar-refractivity contribution is -0.203. The molecule has 0 N–H and O–H groups in total. The zero-order chi connectivity index (χ0) is 21.7. The van der Waals surface area contributed by atoms with Crippen LogP contribution in [0.4, 0.5) is 0 Å². The molecular weight excluding hydrogens is 400 g/mol. The molecule has 0 radical (unpaired) electrons. The summed E-state index contributed by atoms with van der Waals surface area (Å²) in [5.41, 5.74) is 2.07. The van der Waals surface area contributed by atoms with E-state index in [0.29, 0.717) is 6.42 Å². The van der Waals surface area contributed by atoms with Crippen LogP contribution < -0.4 is 0 Å². The van der Waals surface area contributed by atoms with Crippen molar-refractivity contribution >= 4 is 23.2 Å². The van der Waals surface area contributed by atoms with Crippen LogP contribution in [0.2, 0.25) is 0 Å². The van der Waals surface area contributed by atoms with E-state index in [1.54, 1.807) is 0 Å². The zero-order valence-corrected chi connectivity index (χ0v) is 19.1. The second-order valence-corrected chi connectivity index (χ2v) is 11.1. The molecule has 0 amide bonds. The van der Waals surface area contributed by atoms with Gasteiger partial charge in [0.05, 0.1) is 12.0 Å². The molecule has 4 aliphatic carbocycles. The molecule has 1 heterocycles. The van der Waals surface area contributed by atoms with Crippen LogP contribution in [0.15, 0.2) is 35.5 Å². The lowest BCUT2D eigenvalue weighted by Gasteiger charge is -2.55. The molecule has 6 atom stereocenters. The SMILES string of the molecule is C=C1C[C@@H]2C(=CC[C@@]3(C)[C@H]2CC2OC(C)(C)O[C@]23C(=O)CCl)[C@@]2(C)CCC(=O)C=C12. The average molecular weight is 431 g/mol. The third kappa shape index (κ3) is 2.36. The number of alkyl halides is 1. The van der Waals surface area contributed by atoms with Crippen molar-refractivity contribution in [2.75, 3.05) is 5.88 Å². The van der Waals surface area contributed by atoms with Gasteiger partial charge in [-0.05, 0) is 63.0 Å². The molecule has 0 aromatic carbocycles. The fourth-order valence-corrected chi connectivity index (χ4v) is 7.78. The molecule has 30 heavy (non-hydrogen) atoms. The first-order valence-electron chi connectivity index (χ1n) is 11.1. The molecule has 0 spiro atoms. The Morgan fingerprint density at radius 1 is 1.30 bits per heavy atom. The Bertz CT molecular complexity index is 929. The smallest absolute Gasteiger partial charge is 0.182 e. The van der Waals surface area contributed by atoms with Crippen LogP contribution in [-0.2, 0) is 19.1 Å². The highest BCUT2D eigenvalue weighted by Gasteiger charge is 2.74. The number of Topliss-reactive ketones (excluding diaryl/α,β-unsaturated/α-hetero) is 1. The molecule has 5 aliphatic rings. The maximum Gasteiger partial charge on any atom is 0.182 e. The Hall–Kier alpha value is -1.23. The minimum atomic E-state index is -1.01. The number of fused-ring (bicyclic) bond motifs is 7. The first-order valence-corrected chi connectivity index (χ1v) is 11.6. The van der Waals surface area contributed by atoms with Crippen LogP contribution in [0.3, 0.4) is 0 Å². The molecule has 5 heteroatoms. The van der Waals surface area contributed by atoms with Crippen LogP contribution in [-0.4, -0.2) is 34.9 Å². The molecular formula is C25H31ClO4. The van der Waals surface area contributed by atoms with Crippen molar-refractivity contribution in [3.63, 3.8) is 0 Å². The molecule has 162 valence electrons. The molecule has 1 aliphatic heterocycles. The maximum absolute atomic E-state index is 13.3. The number of allylic oxidation sites excluding steroid dienone is 5. The predicted molar refractivity (Wildman–Crippen MR) is 115 cm³/mol. The number of carbonyl (C=O) groups is 2. The highest BCUT2D eigenvalue weighted by atomic mass is 35.5. The largest absolute Gasteiger partial charge is 0.344 e. The Morgan fingerprint density at radius 2 is 2.03 bits per heavy atom. The molecule has 4 nitrogen and oxygen atoms in total. The average Bonchev–Trinajstić information content (AvgIpc) is 3.09. The van der Waals surface area contributed by atoms with E-state index < -0.39 is 11.4 Å². The predicted octanol–water partition coefficient (Wildman–Crippen LogP) is 4.91. The third-order valence-corrected chi connectivity index (χ3v) is 9.09. The van der Waals surface area contributed by atoms with Gasteiger partial charge in [-0.15, -0.1) is 11.6 Å². The van der Waals surface area contributed by atoms with Gasteiger partial charge in [0, 0.05) is 17.3 Å². The zero-order valence-electron chi connectivity index (χ0n) is 18.3. The summed E-state index contributed by atoms with van der Waals surface area (Å²) in [6.45, 7) is 12.6. The summed E-state index contributed by atoms with van der Waals surface area (Å²) >= 11 is 6.11. The van der Waals surface area contributed by atoms with Gasteiger partial charge >= 0.3 is 0 Å². The second kappa shape index (κ2) is 6.17. The lowest BCUT2D eigenvalue weighted by Crippen LogP contribution is -2.59. The summed E-state index contributed by atoms with van der Waals surface area (Å²) in [6.07, 6.45) is 7.66. The van der Waals surface area contributed by atoms with Gasteiger partial charge in [0.25, 0.3) is 0 Å². The molecule has 5 rings (SSSR count). The summed E-state index contributed by atoms with van der Waals surface area (Å²) in [7, 11) is 0. The maximum atomic E-state index is 13.3. The second-order valence-electron chi connectivity index (χ2n) is 10.8. The number of ketones is 2. The van der Waals surface area contributed by atoms with Crippen molar-refractivity contribution < 1.29 is 19.1 Å². The summed E-state index contributed by atoms with van der Waals surface area (Å²) < 4.78 is 12.8. The fraction of sp³-hybridized carbons (Fsp3) is 0.680. The van der Waals surface area contributed by atoms with E-state index in [9.17, 15) is 9.59 Å². The van der Waals surface area contributed by atoms with Gasteiger partial charge in [-0.2, -0.15) is 0 Å². The van der Waals surface area contributed by atoms with Crippen LogP contribution in [0, 0.1) is 22.7 Å². The van der Waals surface area contributed by atoms with Crippen molar-refractivity contribution in [3.05, 3.63) is 35.5 Å². The van der Waals surface area contributed by atoms with E-state index in [2.05, 4.69) is 26.5 Å². The summed E-state index contributed by atoms with van der Waals surface area (Å²) in [4.78, 5) is 25.4. The Labute approximate surface area is 183 Å². The van der Waals surface area contributed by atoms with Gasteiger partial charge < -0.3 is 9.47 Å². The van der Waals surface area contributed by atoms with E-state index in [1.807, 2.05) is 19.9 Å². The van der Waals surface area contributed by atoms with Crippen LogP contribution >= 0.6 is 11.6 Å². The van der Waals surface area contributed by atoms with E-state index >= 15 is 0 Å². The third-order valence-electron chi connectivity index (χ3n) is 8.84. The molecule has 3 fully saturated rings. The van der Waals surface area contributed by atoms with Crippen molar-refractivity contribution in [2.24, 2.45) is 22.7 Å². The molecule has 1 unspecified atom stereocenters. The van der Waals surface area contributed by atoms with E-state index in [1.165, 1.54) is 5.57 Å². The number of halogens is 1. The molecule has 0 aromatic rings. The van der Waals surface area contributed by atoms with Gasteiger partial charge in [-0.3, -0.25) is 9.59 Å². The molecule has 2 saturated carbocycles. The van der Waals surface area contributed by atoms with Gasteiger partial charge in [0.2, 0.25) is 0 Å². The van der Waals surface area contributed by atoms with Crippen molar-refractivity contribution in [2.45, 2.75) is 77.3 Å². The van der Waals surface area contributed by atoms with Crippen molar-refractivity contribution in [1.82, 2.24) is 0 Å². The van der Waals surface area contributed by atoms with Crippen LogP contribution in [0.1, 0.15) is 59.8 Å². The molecule has 1 saturated heterocycles. The monoisotopic (exact) mass is 430 g/mol. The molecule has 0 aromatic heterocycles. The van der Waals surface area contributed by atoms with E-state index in [0.717, 1.165) is 36.8 Å². The first kappa shape index (κ1) is 20.7. The van der Waals surface area contributed by atoms with Crippen molar-refractivity contribution in [3.8, 4) is 0 Å². The van der Waals surface area contributed by atoms with Gasteiger partial charge in [0.15, 0.2) is 23.0 Å². The fourth-order valence-electron chi connectivity index (χ4n) is 7.58. The Balaban J connectivity index is 1.63. The number of ether oxygens (including phenoxy) is 2. The van der Waals surface area contributed by atoms with Gasteiger partial charge in [0.1, 0.15) is 0 Å². The number of hydrogen-bond donors (Lipinski definition) is 0. The number of rotatable bonds is 2. The van der Waals surface area contributed by atoms with Gasteiger partial charge in [-0.1, -0.05) is 37.6 Å². The van der Waals surface area contributed by atoms with Gasteiger partial charge in [-0.25, -0.2) is 0 Å². The summed E-state index contributed by atoms with van der Waals surface area (Å²) in [6, 6.07) is 0. The first-order chi connectivity index (χ1) is 14.0. The molecule has 0 bridgehead atoms. The lowest BCUT2D eigenvalue weighted by atomic mass is 9.49. The quantitative estimate of drug-likeness (QED) is 0.461. The summed E-state index contributed by atoms with van der Waals surface area (Å²) in [5, 5.41) is 0. The van der Waals surface area contributed by atoms with Crippen LogP contribution in [0.5, 0.6) is 0 Å². The van der Waals surface area contributed by atoms with Crippen molar-refractivity contribution in [1.29, 1.82) is 0 Å². The minimum absolute atomic E-state index is 0.0636. The Kier molecular flexibility index (Phi) is 4.25. The van der Waals surface area contributed by atoms with E-state index in [-0.39, 0.29) is 46.2 Å². The number of hydrogen-bond acceptors (Lipinski definition) is 4. The van der Waals surface area contributed by atoms with Crippen LogP contribution in [0.25, 0.3) is 0 Å². The highest BCUT2D eigenvalue weighted by Crippen LogP contribution is 2.69. The minimum Gasteiger partial charge on any atom is -0.344 e. The topological polar surface area (TPSA) is 52.6 Å². The summed E-state index contributed by atoms with van der Waals surface area (Å²) in [5.74, 6) is -0.197. The highest BCUT2D eigenvalue weighted by molar-refractivity contribution is 6.29.